The van der Waals surface area contributed by atoms with Crippen molar-refractivity contribution in [3.63, 3.8) is 0 Å². The summed E-state index contributed by atoms with van der Waals surface area (Å²) in [5, 5.41) is 0. The Bertz CT molecular complexity index is 348. The highest BCUT2D eigenvalue weighted by atomic mass is 79.9. The molecule has 0 aromatic heterocycles. The molecule has 1 unspecified atom stereocenters. The molecule has 0 amide bonds. The van der Waals surface area contributed by atoms with Gasteiger partial charge in [-0.3, -0.25) is 4.99 Å². The fraction of sp³-hybridized carbons (Fsp3) is 0.300. The molecule has 1 aliphatic rings. The van der Waals surface area contributed by atoms with Crippen molar-refractivity contribution in [1.29, 1.82) is 0 Å². The number of hydrogen-bond acceptors (Lipinski definition) is 3. The SMILES string of the molecule is NC1=NC(c2ccc(Br)cc2)COC1. The van der Waals surface area contributed by atoms with Crippen molar-refractivity contribution in [2.45, 2.75) is 6.04 Å². The predicted molar refractivity (Wildman–Crippen MR) is 59.3 cm³/mol. The minimum absolute atomic E-state index is 0.0526. The summed E-state index contributed by atoms with van der Waals surface area (Å²) in [6, 6.07) is 8.10. The first kappa shape index (κ1) is 9.68. The highest BCUT2D eigenvalue weighted by Gasteiger charge is 2.15. The van der Waals surface area contributed by atoms with Crippen molar-refractivity contribution >= 4 is 21.8 Å². The third-order valence-electron chi connectivity index (χ3n) is 2.10. The molecule has 0 saturated carbocycles. The van der Waals surface area contributed by atoms with Crippen LogP contribution in [0.15, 0.2) is 33.7 Å². The average Bonchev–Trinajstić information content (AvgIpc) is 2.19. The lowest BCUT2D eigenvalue weighted by Crippen LogP contribution is -2.27. The molecule has 2 rings (SSSR count). The second kappa shape index (κ2) is 4.11. The van der Waals surface area contributed by atoms with E-state index in [1.54, 1.807) is 0 Å². The number of rotatable bonds is 1. The van der Waals surface area contributed by atoms with Crippen LogP contribution in [0.3, 0.4) is 0 Å². The van der Waals surface area contributed by atoms with Crippen molar-refractivity contribution in [3.8, 4) is 0 Å². The summed E-state index contributed by atoms with van der Waals surface area (Å²) in [7, 11) is 0. The van der Waals surface area contributed by atoms with E-state index in [0.29, 0.717) is 19.0 Å². The Morgan fingerprint density at radius 3 is 2.71 bits per heavy atom. The van der Waals surface area contributed by atoms with Crippen LogP contribution >= 0.6 is 15.9 Å². The van der Waals surface area contributed by atoms with E-state index < -0.39 is 0 Å². The smallest absolute Gasteiger partial charge is 0.121 e. The summed E-state index contributed by atoms with van der Waals surface area (Å²) in [4.78, 5) is 4.34. The largest absolute Gasteiger partial charge is 0.386 e. The van der Waals surface area contributed by atoms with Crippen molar-refractivity contribution in [3.05, 3.63) is 34.3 Å². The summed E-state index contributed by atoms with van der Waals surface area (Å²) >= 11 is 3.39. The lowest BCUT2D eigenvalue weighted by atomic mass is 10.1. The van der Waals surface area contributed by atoms with Crippen molar-refractivity contribution in [2.75, 3.05) is 13.2 Å². The normalized spacial score (nSPS) is 21.8. The maximum Gasteiger partial charge on any atom is 0.121 e. The van der Waals surface area contributed by atoms with E-state index in [2.05, 4.69) is 20.9 Å². The molecular weight excluding hydrogens is 244 g/mol. The Hall–Kier alpha value is -0.870. The van der Waals surface area contributed by atoms with Crippen LogP contribution in [0.1, 0.15) is 11.6 Å². The van der Waals surface area contributed by atoms with Gasteiger partial charge in [0.1, 0.15) is 18.5 Å². The van der Waals surface area contributed by atoms with E-state index in [1.807, 2.05) is 24.3 Å². The molecule has 3 nitrogen and oxygen atoms in total. The lowest BCUT2D eigenvalue weighted by Gasteiger charge is -2.19. The number of amidine groups is 1. The summed E-state index contributed by atoms with van der Waals surface area (Å²) in [6.45, 7) is 1.06. The zero-order chi connectivity index (χ0) is 9.97. The van der Waals surface area contributed by atoms with Gasteiger partial charge in [-0.25, -0.2) is 0 Å². The van der Waals surface area contributed by atoms with E-state index in [1.165, 1.54) is 0 Å². The maximum absolute atomic E-state index is 5.61. The number of nitrogens with two attached hydrogens (primary N) is 1. The van der Waals surface area contributed by atoms with Gasteiger partial charge in [-0.15, -0.1) is 0 Å². The van der Waals surface area contributed by atoms with Crippen LogP contribution in [0.25, 0.3) is 0 Å². The highest BCUT2D eigenvalue weighted by Crippen LogP contribution is 2.22. The quantitative estimate of drug-likeness (QED) is 0.832. The molecule has 1 aromatic carbocycles. The fourth-order valence-corrected chi connectivity index (χ4v) is 1.67. The van der Waals surface area contributed by atoms with Gasteiger partial charge in [0.25, 0.3) is 0 Å². The van der Waals surface area contributed by atoms with E-state index in [0.717, 1.165) is 10.0 Å². The number of aliphatic imine (C=N–C) groups is 1. The Balaban J connectivity index is 2.22. The predicted octanol–water partition coefficient (Wildman–Crippen LogP) is 1.88. The van der Waals surface area contributed by atoms with Gasteiger partial charge in [-0.2, -0.15) is 0 Å². The van der Waals surface area contributed by atoms with Crippen LogP contribution < -0.4 is 5.73 Å². The molecule has 74 valence electrons. The molecule has 1 aliphatic heterocycles. The van der Waals surface area contributed by atoms with Crippen LogP contribution in [-0.4, -0.2) is 19.0 Å². The number of ether oxygens (including phenoxy) is 1. The molecule has 0 spiro atoms. The fourth-order valence-electron chi connectivity index (χ4n) is 1.41. The molecule has 0 radical (unpaired) electrons. The monoisotopic (exact) mass is 254 g/mol. The molecular formula is C10H11BrN2O. The summed E-state index contributed by atoms with van der Waals surface area (Å²) < 4.78 is 6.38. The highest BCUT2D eigenvalue weighted by molar-refractivity contribution is 9.10. The van der Waals surface area contributed by atoms with Crippen molar-refractivity contribution < 1.29 is 4.74 Å². The molecule has 0 bridgehead atoms. The van der Waals surface area contributed by atoms with E-state index in [4.69, 9.17) is 10.5 Å². The van der Waals surface area contributed by atoms with Crippen molar-refractivity contribution in [2.24, 2.45) is 10.7 Å². The minimum Gasteiger partial charge on any atom is -0.386 e. The zero-order valence-electron chi connectivity index (χ0n) is 7.61. The zero-order valence-corrected chi connectivity index (χ0v) is 9.20. The van der Waals surface area contributed by atoms with Crippen LogP contribution in [0.5, 0.6) is 0 Å². The Kier molecular flexibility index (Phi) is 2.84. The molecule has 14 heavy (non-hydrogen) atoms. The number of hydrogen-bond donors (Lipinski definition) is 1. The first-order valence-corrected chi connectivity index (χ1v) is 5.20. The van der Waals surface area contributed by atoms with Gasteiger partial charge in [0.15, 0.2) is 0 Å². The Morgan fingerprint density at radius 2 is 2.07 bits per heavy atom. The molecule has 1 aromatic rings. The Labute approximate surface area is 91.1 Å². The molecule has 0 fully saturated rings. The van der Waals surface area contributed by atoms with Crippen LogP contribution in [0.4, 0.5) is 0 Å². The van der Waals surface area contributed by atoms with Gasteiger partial charge in [0, 0.05) is 4.47 Å². The van der Waals surface area contributed by atoms with E-state index in [9.17, 15) is 0 Å². The standard InChI is InChI=1S/C10H11BrN2O/c11-8-3-1-7(2-4-8)9-5-14-6-10(12)13-9/h1-4,9H,5-6H2,(H2,12,13). The van der Waals surface area contributed by atoms with E-state index >= 15 is 0 Å². The molecule has 2 N–H and O–H groups in total. The van der Waals surface area contributed by atoms with Gasteiger partial charge >= 0.3 is 0 Å². The third-order valence-corrected chi connectivity index (χ3v) is 2.63. The maximum atomic E-state index is 5.61. The van der Waals surface area contributed by atoms with Crippen LogP contribution in [0.2, 0.25) is 0 Å². The molecule has 0 saturated heterocycles. The first-order valence-electron chi connectivity index (χ1n) is 4.41. The second-order valence-corrected chi connectivity index (χ2v) is 4.12. The number of halogens is 1. The third kappa shape index (κ3) is 2.13. The number of nitrogens with zero attached hydrogens (tertiary/aromatic N) is 1. The minimum atomic E-state index is 0.0526. The van der Waals surface area contributed by atoms with Gasteiger partial charge in [-0.1, -0.05) is 28.1 Å². The lowest BCUT2D eigenvalue weighted by molar-refractivity contribution is 0.143. The Morgan fingerprint density at radius 1 is 1.36 bits per heavy atom. The summed E-state index contributed by atoms with van der Waals surface area (Å²) in [5.41, 5.74) is 6.74. The summed E-state index contributed by atoms with van der Waals surface area (Å²) in [6.07, 6.45) is 0. The van der Waals surface area contributed by atoms with Crippen LogP contribution in [0, 0.1) is 0 Å². The molecule has 4 heteroatoms. The second-order valence-electron chi connectivity index (χ2n) is 3.20. The van der Waals surface area contributed by atoms with Gasteiger partial charge in [-0.05, 0) is 17.7 Å². The molecule has 0 aliphatic carbocycles. The average molecular weight is 255 g/mol. The van der Waals surface area contributed by atoms with E-state index in [-0.39, 0.29) is 6.04 Å². The molecule has 1 atom stereocenters. The molecule has 1 heterocycles. The number of benzene rings is 1. The van der Waals surface area contributed by atoms with Gasteiger partial charge < -0.3 is 10.5 Å². The topological polar surface area (TPSA) is 47.6 Å². The van der Waals surface area contributed by atoms with Crippen LogP contribution in [-0.2, 0) is 4.74 Å². The van der Waals surface area contributed by atoms with Gasteiger partial charge in [0.2, 0.25) is 0 Å². The van der Waals surface area contributed by atoms with Gasteiger partial charge in [0.05, 0.1) is 6.61 Å². The summed E-state index contributed by atoms with van der Waals surface area (Å²) in [5.74, 6) is 0.573. The van der Waals surface area contributed by atoms with Crippen molar-refractivity contribution in [1.82, 2.24) is 0 Å². The first-order chi connectivity index (χ1) is 6.75.